The van der Waals surface area contributed by atoms with E-state index in [1.54, 1.807) is 0 Å². The number of terminal acetylenes is 1. The fourth-order valence-electron chi connectivity index (χ4n) is 2.08. The van der Waals surface area contributed by atoms with Gasteiger partial charge in [-0.05, 0) is 54.8 Å². The molecule has 3 nitrogen and oxygen atoms in total. The van der Waals surface area contributed by atoms with Gasteiger partial charge in [-0.2, -0.15) is 0 Å². The van der Waals surface area contributed by atoms with Gasteiger partial charge < -0.3 is 9.47 Å². The third-order valence-electron chi connectivity index (χ3n) is 3.29. The van der Waals surface area contributed by atoms with Crippen LogP contribution in [-0.4, -0.2) is 19.4 Å². The standard InChI is InChI=1S/C20H21NO2/c1-4-13-23-19-12-9-17(14-20(19)22-6-3)15-21-18-10-7-16(5-2)8-11-18/h1,7-12,14-15H,5-6,13H2,2-3H3. The van der Waals surface area contributed by atoms with Crippen molar-refractivity contribution in [3.05, 3.63) is 53.6 Å². The van der Waals surface area contributed by atoms with E-state index in [-0.39, 0.29) is 6.61 Å². The molecule has 2 aromatic rings. The van der Waals surface area contributed by atoms with Crippen LogP contribution < -0.4 is 9.47 Å². The monoisotopic (exact) mass is 307 g/mol. The van der Waals surface area contributed by atoms with Crippen LogP contribution in [0.4, 0.5) is 5.69 Å². The van der Waals surface area contributed by atoms with E-state index >= 15 is 0 Å². The predicted octanol–water partition coefficient (Wildman–Crippen LogP) is 4.41. The number of aryl methyl sites for hydroxylation is 1. The highest BCUT2D eigenvalue weighted by Crippen LogP contribution is 2.28. The Bertz CT molecular complexity index is 697. The van der Waals surface area contributed by atoms with Crippen LogP contribution in [0.25, 0.3) is 0 Å². The van der Waals surface area contributed by atoms with Crippen LogP contribution in [0.3, 0.4) is 0 Å². The van der Waals surface area contributed by atoms with Crippen molar-refractivity contribution < 1.29 is 9.47 Å². The topological polar surface area (TPSA) is 30.8 Å². The average molecular weight is 307 g/mol. The van der Waals surface area contributed by atoms with Crippen LogP contribution in [0, 0.1) is 12.3 Å². The van der Waals surface area contributed by atoms with Crippen molar-refractivity contribution in [2.75, 3.05) is 13.2 Å². The molecule has 0 aliphatic carbocycles. The molecule has 2 aromatic carbocycles. The first kappa shape index (κ1) is 16.6. The summed E-state index contributed by atoms with van der Waals surface area (Å²) in [4.78, 5) is 4.49. The molecule has 0 aromatic heterocycles. The molecule has 0 N–H and O–H groups in total. The van der Waals surface area contributed by atoms with Gasteiger partial charge in [0.15, 0.2) is 11.5 Å². The molecule has 23 heavy (non-hydrogen) atoms. The van der Waals surface area contributed by atoms with Crippen LogP contribution in [0.5, 0.6) is 11.5 Å². The number of rotatable bonds is 7. The van der Waals surface area contributed by atoms with Gasteiger partial charge in [0, 0.05) is 6.21 Å². The summed E-state index contributed by atoms with van der Waals surface area (Å²) < 4.78 is 11.1. The molecular weight excluding hydrogens is 286 g/mol. The molecule has 3 heteroatoms. The zero-order chi connectivity index (χ0) is 16.5. The number of aliphatic imine (C=N–C) groups is 1. The zero-order valence-electron chi connectivity index (χ0n) is 13.6. The van der Waals surface area contributed by atoms with Gasteiger partial charge in [-0.1, -0.05) is 25.0 Å². The highest BCUT2D eigenvalue weighted by atomic mass is 16.5. The second-order valence-corrected chi connectivity index (χ2v) is 4.91. The van der Waals surface area contributed by atoms with Crippen LogP contribution in [0.15, 0.2) is 47.5 Å². The quantitative estimate of drug-likeness (QED) is 0.560. The first-order valence-electron chi connectivity index (χ1n) is 7.73. The largest absolute Gasteiger partial charge is 0.490 e. The highest BCUT2D eigenvalue weighted by Gasteiger charge is 2.05. The minimum atomic E-state index is 0.220. The number of benzene rings is 2. The number of hydrogen-bond donors (Lipinski definition) is 0. The molecule has 0 radical (unpaired) electrons. The molecule has 0 fully saturated rings. The third-order valence-corrected chi connectivity index (χ3v) is 3.29. The van der Waals surface area contributed by atoms with Gasteiger partial charge in [0.1, 0.15) is 6.61 Å². The fourth-order valence-corrected chi connectivity index (χ4v) is 2.08. The van der Waals surface area contributed by atoms with E-state index in [2.05, 4.69) is 30.0 Å². The maximum Gasteiger partial charge on any atom is 0.162 e. The molecule has 0 saturated heterocycles. The van der Waals surface area contributed by atoms with Crippen molar-refractivity contribution in [2.24, 2.45) is 4.99 Å². The Balaban J connectivity index is 2.16. The van der Waals surface area contributed by atoms with Crippen molar-refractivity contribution in [3.8, 4) is 23.8 Å². The fraction of sp³-hybridized carbons (Fsp3) is 0.250. The molecule has 0 amide bonds. The Morgan fingerprint density at radius 2 is 1.83 bits per heavy atom. The Kier molecular flexibility index (Phi) is 6.26. The van der Waals surface area contributed by atoms with Crippen molar-refractivity contribution in [3.63, 3.8) is 0 Å². The van der Waals surface area contributed by atoms with Crippen molar-refractivity contribution in [1.82, 2.24) is 0 Å². The van der Waals surface area contributed by atoms with E-state index < -0.39 is 0 Å². The average Bonchev–Trinajstić information content (AvgIpc) is 2.60. The minimum absolute atomic E-state index is 0.220. The molecule has 0 bridgehead atoms. The van der Waals surface area contributed by atoms with Gasteiger partial charge in [-0.3, -0.25) is 4.99 Å². The first-order chi connectivity index (χ1) is 11.3. The van der Waals surface area contributed by atoms with E-state index in [0.717, 1.165) is 17.7 Å². The van der Waals surface area contributed by atoms with Crippen LogP contribution in [0.1, 0.15) is 25.0 Å². The summed E-state index contributed by atoms with van der Waals surface area (Å²) >= 11 is 0. The normalized spacial score (nSPS) is 10.5. The second kappa shape index (κ2) is 8.65. The van der Waals surface area contributed by atoms with Gasteiger partial charge >= 0.3 is 0 Å². The molecule has 0 aliphatic rings. The van der Waals surface area contributed by atoms with E-state index in [4.69, 9.17) is 15.9 Å². The van der Waals surface area contributed by atoms with E-state index in [1.807, 2.05) is 43.5 Å². The second-order valence-electron chi connectivity index (χ2n) is 4.91. The SMILES string of the molecule is C#CCOc1ccc(C=Nc2ccc(CC)cc2)cc1OCC. The Morgan fingerprint density at radius 3 is 2.48 bits per heavy atom. The van der Waals surface area contributed by atoms with E-state index in [0.29, 0.717) is 18.1 Å². The maximum absolute atomic E-state index is 5.60. The van der Waals surface area contributed by atoms with Crippen LogP contribution in [-0.2, 0) is 6.42 Å². The van der Waals surface area contributed by atoms with Crippen LogP contribution >= 0.6 is 0 Å². The van der Waals surface area contributed by atoms with E-state index in [9.17, 15) is 0 Å². The third kappa shape index (κ3) is 4.89. The number of ether oxygens (including phenoxy) is 2. The summed E-state index contributed by atoms with van der Waals surface area (Å²) in [5, 5.41) is 0. The lowest BCUT2D eigenvalue weighted by Gasteiger charge is -2.10. The number of hydrogen-bond acceptors (Lipinski definition) is 3. The molecule has 2 rings (SSSR count). The summed E-state index contributed by atoms with van der Waals surface area (Å²) in [6.45, 7) is 4.85. The van der Waals surface area contributed by atoms with Gasteiger partial charge in [-0.15, -0.1) is 6.42 Å². The first-order valence-corrected chi connectivity index (χ1v) is 7.73. The summed E-state index contributed by atoms with van der Waals surface area (Å²) in [7, 11) is 0. The molecule has 0 heterocycles. The molecule has 0 atom stereocenters. The van der Waals surface area contributed by atoms with E-state index in [1.165, 1.54) is 5.56 Å². The number of nitrogens with zero attached hydrogens (tertiary/aromatic N) is 1. The molecule has 118 valence electrons. The van der Waals surface area contributed by atoms with Gasteiger partial charge in [0.25, 0.3) is 0 Å². The lowest BCUT2D eigenvalue weighted by molar-refractivity contribution is 0.299. The Hall–Kier alpha value is -2.73. The summed E-state index contributed by atoms with van der Waals surface area (Å²) in [6, 6.07) is 13.9. The highest BCUT2D eigenvalue weighted by molar-refractivity contribution is 5.83. The predicted molar refractivity (Wildman–Crippen MR) is 95.0 cm³/mol. The maximum atomic E-state index is 5.60. The van der Waals surface area contributed by atoms with Gasteiger partial charge in [-0.25, -0.2) is 0 Å². The molecular formula is C20H21NO2. The van der Waals surface area contributed by atoms with Gasteiger partial charge in [0.05, 0.1) is 12.3 Å². The smallest absolute Gasteiger partial charge is 0.162 e. The lowest BCUT2D eigenvalue weighted by Crippen LogP contribution is -1.99. The van der Waals surface area contributed by atoms with Gasteiger partial charge in [0.2, 0.25) is 0 Å². The molecule has 0 spiro atoms. The zero-order valence-corrected chi connectivity index (χ0v) is 13.6. The Morgan fingerprint density at radius 1 is 1.04 bits per heavy atom. The summed E-state index contributed by atoms with van der Waals surface area (Å²) in [5.41, 5.74) is 3.17. The van der Waals surface area contributed by atoms with Crippen molar-refractivity contribution >= 4 is 11.9 Å². The summed E-state index contributed by atoms with van der Waals surface area (Å²) in [6.07, 6.45) is 8.07. The minimum Gasteiger partial charge on any atom is -0.490 e. The molecule has 0 unspecified atom stereocenters. The van der Waals surface area contributed by atoms with Crippen LogP contribution in [0.2, 0.25) is 0 Å². The van der Waals surface area contributed by atoms with Crippen molar-refractivity contribution in [1.29, 1.82) is 0 Å². The Labute approximate surface area is 138 Å². The molecule has 0 aliphatic heterocycles. The molecule has 0 saturated carbocycles. The van der Waals surface area contributed by atoms with Crippen molar-refractivity contribution in [2.45, 2.75) is 20.3 Å². The summed E-state index contributed by atoms with van der Waals surface area (Å²) in [5.74, 6) is 3.77. The lowest BCUT2D eigenvalue weighted by atomic mass is 10.1.